The summed E-state index contributed by atoms with van der Waals surface area (Å²) < 4.78 is 11.0. The number of aliphatic carboxylic acids is 1. The van der Waals surface area contributed by atoms with E-state index in [2.05, 4.69) is 4.98 Å². The molecule has 1 fully saturated rings. The second kappa shape index (κ2) is 7.52. The zero-order chi connectivity index (χ0) is 17.8. The van der Waals surface area contributed by atoms with Crippen molar-refractivity contribution in [2.75, 3.05) is 13.7 Å². The van der Waals surface area contributed by atoms with Crippen LogP contribution in [-0.4, -0.2) is 46.6 Å². The van der Waals surface area contributed by atoms with Crippen LogP contribution in [0.3, 0.4) is 0 Å². The van der Waals surface area contributed by atoms with Crippen LogP contribution < -0.4 is 9.47 Å². The Labute approximate surface area is 148 Å². The number of hydrogen-bond acceptors (Lipinski definition) is 6. The number of rotatable bonds is 6. The number of methoxy groups -OCH3 is 1. The van der Waals surface area contributed by atoms with E-state index in [-0.39, 0.29) is 5.91 Å². The standard InChI is InChI=1S/C17H18N2O5S/c1-23-15-7-11(16(20)19-6-2-3-13(19)17(21)22)4-5-14(15)24-8-12-9-25-10-18-12/h4-5,7,9-10,13H,2-3,6,8H2,1H3,(H,21,22). The van der Waals surface area contributed by atoms with Crippen molar-refractivity contribution >= 4 is 23.2 Å². The molecule has 1 aromatic heterocycles. The lowest BCUT2D eigenvalue weighted by Crippen LogP contribution is -2.40. The van der Waals surface area contributed by atoms with Gasteiger partial charge in [0.25, 0.3) is 5.91 Å². The number of carboxylic acids is 1. The Morgan fingerprint density at radius 1 is 1.40 bits per heavy atom. The van der Waals surface area contributed by atoms with Gasteiger partial charge >= 0.3 is 5.97 Å². The molecule has 1 aliphatic rings. The third-order valence-corrected chi connectivity index (χ3v) is 4.70. The van der Waals surface area contributed by atoms with Crippen LogP contribution >= 0.6 is 11.3 Å². The summed E-state index contributed by atoms with van der Waals surface area (Å²) in [7, 11) is 1.50. The van der Waals surface area contributed by atoms with Gasteiger partial charge in [-0.1, -0.05) is 0 Å². The molecular weight excluding hydrogens is 344 g/mol. The molecule has 0 bridgehead atoms. The summed E-state index contributed by atoms with van der Waals surface area (Å²) in [6, 6.07) is 4.10. The highest BCUT2D eigenvalue weighted by atomic mass is 32.1. The molecule has 3 rings (SSSR count). The number of benzene rings is 1. The summed E-state index contributed by atoms with van der Waals surface area (Å²) in [5.41, 5.74) is 2.92. The normalized spacial score (nSPS) is 16.7. The van der Waals surface area contributed by atoms with Crippen molar-refractivity contribution in [2.45, 2.75) is 25.5 Å². The molecule has 8 heteroatoms. The highest BCUT2D eigenvalue weighted by molar-refractivity contribution is 7.07. The minimum Gasteiger partial charge on any atom is -0.493 e. The van der Waals surface area contributed by atoms with Gasteiger partial charge in [0.05, 0.1) is 18.3 Å². The molecule has 1 unspecified atom stereocenters. The monoisotopic (exact) mass is 362 g/mol. The predicted octanol–water partition coefficient (Wildman–Crippen LogP) is 2.42. The van der Waals surface area contributed by atoms with Gasteiger partial charge in [-0.3, -0.25) is 4.79 Å². The molecule has 1 atom stereocenters. The van der Waals surface area contributed by atoms with E-state index >= 15 is 0 Å². The lowest BCUT2D eigenvalue weighted by molar-refractivity contribution is -0.141. The molecule has 7 nitrogen and oxygen atoms in total. The fraction of sp³-hybridized carbons (Fsp3) is 0.353. The van der Waals surface area contributed by atoms with Crippen LogP contribution in [0.2, 0.25) is 0 Å². The van der Waals surface area contributed by atoms with Crippen LogP contribution in [-0.2, 0) is 11.4 Å². The second-order valence-corrected chi connectivity index (χ2v) is 6.35. The molecule has 1 amide bonds. The molecule has 0 aliphatic carbocycles. The first kappa shape index (κ1) is 17.2. The number of hydrogen-bond donors (Lipinski definition) is 1. The largest absolute Gasteiger partial charge is 0.493 e. The van der Waals surface area contributed by atoms with Gasteiger partial charge in [0.1, 0.15) is 12.6 Å². The van der Waals surface area contributed by atoms with Crippen LogP contribution in [0.5, 0.6) is 11.5 Å². The molecular formula is C17H18N2O5S. The van der Waals surface area contributed by atoms with Crippen LogP contribution in [0.15, 0.2) is 29.1 Å². The van der Waals surface area contributed by atoms with Gasteiger partial charge in [0.2, 0.25) is 0 Å². The quantitative estimate of drug-likeness (QED) is 0.849. The predicted molar refractivity (Wildman–Crippen MR) is 91.1 cm³/mol. The molecule has 0 saturated carbocycles. The number of thiazole rings is 1. The number of amides is 1. The third kappa shape index (κ3) is 3.74. The molecule has 132 valence electrons. The van der Waals surface area contributed by atoms with Gasteiger partial charge in [-0.05, 0) is 31.0 Å². The lowest BCUT2D eigenvalue weighted by Gasteiger charge is -2.22. The van der Waals surface area contributed by atoms with E-state index in [1.807, 2.05) is 5.38 Å². The van der Waals surface area contributed by atoms with Crippen molar-refractivity contribution in [3.63, 3.8) is 0 Å². The average molecular weight is 362 g/mol. The van der Waals surface area contributed by atoms with Gasteiger partial charge < -0.3 is 19.5 Å². The first-order valence-electron chi connectivity index (χ1n) is 7.82. The second-order valence-electron chi connectivity index (χ2n) is 5.63. The zero-order valence-electron chi connectivity index (χ0n) is 13.7. The fourth-order valence-electron chi connectivity index (χ4n) is 2.81. The van der Waals surface area contributed by atoms with Gasteiger partial charge in [-0.25, -0.2) is 9.78 Å². The van der Waals surface area contributed by atoms with E-state index in [0.717, 1.165) is 5.69 Å². The number of carboxylic acid groups (broad SMARTS) is 1. The van der Waals surface area contributed by atoms with Crippen molar-refractivity contribution in [1.82, 2.24) is 9.88 Å². The van der Waals surface area contributed by atoms with E-state index < -0.39 is 12.0 Å². The molecule has 1 saturated heterocycles. The molecule has 0 spiro atoms. The number of aromatic nitrogens is 1. The first-order valence-corrected chi connectivity index (χ1v) is 8.76. The highest BCUT2D eigenvalue weighted by Gasteiger charge is 2.34. The van der Waals surface area contributed by atoms with Crippen molar-refractivity contribution in [2.24, 2.45) is 0 Å². The fourth-order valence-corrected chi connectivity index (χ4v) is 3.36. The van der Waals surface area contributed by atoms with Crippen molar-refractivity contribution in [3.8, 4) is 11.5 Å². The molecule has 1 aromatic carbocycles. The van der Waals surface area contributed by atoms with Crippen LogP contribution in [0.1, 0.15) is 28.9 Å². The van der Waals surface area contributed by atoms with Crippen LogP contribution in [0.4, 0.5) is 0 Å². The van der Waals surface area contributed by atoms with Gasteiger partial charge in [-0.2, -0.15) is 0 Å². The maximum absolute atomic E-state index is 12.6. The Kier molecular flexibility index (Phi) is 5.18. The van der Waals surface area contributed by atoms with Crippen LogP contribution in [0.25, 0.3) is 0 Å². The van der Waals surface area contributed by atoms with E-state index in [0.29, 0.717) is 43.1 Å². The number of carbonyl (C=O) groups excluding carboxylic acids is 1. The lowest BCUT2D eigenvalue weighted by atomic mass is 10.1. The van der Waals surface area contributed by atoms with Gasteiger partial charge in [0.15, 0.2) is 11.5 Å². The molecule has 2 heterocycles. The number of ether oxygens (including phenoxy) is 2. The summed E-state index contributed by atoms with van der Waals surface area (Å²) in [4.78, 5) is 29.5. The van der Waals surface area contributed by atoms with Crippen LogP contribution in [0, 0.1) is 0 Å². The minimum absolute atomic E-state index is 0.306. The van der Waals surface area contributed by atoms with Gasteiger partial charge in [0, 0.05) is 17.5 Å². The molecule has 2 aromatic rings. The summed E-state index contributed by atoms with van der Waals surface area (Å²) >= 11 is 1.49. The number of likely N-dealkylation sites (tertiary alicyclic amines) is 1. The third-order valence-electron chi connectivity index (χ3n) is 4.07. The minimum atomic E-state index is -0.971. The summed E-state index contributed by atoms with van der Waals surface area (Å²) in [5.74, 6) is -0.356. The summed E-state index contributed by atoms with van der Waals surface area (Å²) in [6.07, 6.45) is 1.17. The van der Waals surface area contributed by atoms with Gasteiger partial charge in [-0.15, -0.1) is 11.3 Å². The zero-order valence-corrected chi connectivity index (χ0v) is 14.5. The molecule has 1 aliphatic heterocycles. The number of carbonyl (C=O) groups is 2. The van der Waals surface area contributed by atoms with E-state index in [9.17, 15) is 14.7 Å². The molecule has 0 radical (unpaired) electrons. The average Bonchev–Trinajstić information content (AvgIpc) is 3.30. The maximum atomic E-state index is 12.6. The van der Waals surface area contributed by atoms with Crippen molar-refractivity contribution in [1.29, 1.82) is 0 Å². The van der Waals surface area contributed by atoms with E-state index in [1.54, 1.807) is 23.7 Å². The Hall–Kier alpha value is -2.61. The smallest absolute Gasteiger partial charge is 0.326 e. The maximum Gasteiger partial charge on any atom is 0.326 e. The van der Waals surface area contributed by atoms with Crippen molar-refractivity contribution in [3.05, 3.63) is 40.3 Å². The topological polar surface area (TPSA) is 89.0 Å². The van der Waals surface area contributed by atoms with Crippen molar-refractivity contribution < 1.29 is 24.2 Å². The Morgan fingerprint density at radius 3 is 2.92 bits per heavy atom. The Morgan fingerprint density at radius 2 is 2.24 bits per heavy atom. The van der Waals surface area contributed by atoms with E-state index in [1.165, 1.54) is 23.3 Å². The first-order chi connectivity index (χ1) is 12.1. The Balaban J connectivity index is 1.76. The summed E-state index contributed by atoms with van der Waals surface area (Å²) in [6.45, 7) is 0.751. The SMILES string of the molecule is COc1cc(C(=O)N2CCCC2C(=O)O)ccc1OCc1cscn1. The van der Waals surface area contributed by atoms with E-state index in [4.69, 9.17) is 9.47 Å². The highest BCUT2D eigenvalue weighted by Crippen LogP contribution is 2.30. The number of nitrogens with zero attached hydrogens (tertiary/aromatic N) is 2. The molecule has 1 N–H and O–H groups in total. The molecule has 25 heavy (non-hydrogen) atoms. The summed E-state index contributed by atoms with van der Waals surface area (Å²) in [5, 5.41) is 11.1. The Bertz CT molecular complexity index is 762.